The van der Waals surface area contributed by atoms with E-state index in [0.717, 1.165) is 24.1 Å². The minimum atomic E-state index is 0.0351. The normalized spacial score (nSPS) is 10.9. The van der Waals surface area contributed by atoms with E-state index in [9.17, 15) is 4.79 Å². The molecule has 0 aliphatic rings. The second-order valence-electron chi connectivity index (χ2n) is 8.10. The van der Waals surface area contributed by atoms with Crippen molar-refractivity contribution in [3.8, 4) is 0 Å². The smallest absolute Gasteiger partial charge is 0.224 e. The van der Waals surface area contributed by atoms with Crippen molar-refractivity contribution in [2.75, 3.05) is 5.32 Å². The van der Waals surface area contributed by atoms with Crippen molar-refractivity contribution >= 4 is 11.6 Å². The molecule has 0 spiro atoms. The molecule has 0 unspecified atom stereocenters. The summed E-state index contributed by atoms with van der Waals surface area (Å²) in [4.78, 5) is 11.9. The highest BCUT2D eigenvalue weighted by Crippen LogP contribution is 2.14. The first-order chi connectivity index (χ1) is 13.8. The average Bonchev–Trinajstić information content (AvgIpc) is 2.71. The zero-order chi connectivity index (χ0) is 20.3. The van der Waals surface area contributed by atoms with Crippen molar-refractivity contribution in [2.24, 2.45) is 0 Å². The summed E-state index contributed by atoms with van der Waals surface area (Å²) in [5.41, 5.74) is 1.67. The molecule has 0 saturated carbocycles. The van der Waals surface area contributed by atoms with E-state index < -0.39 is 0 Å². The quantitative estimate of drug-likeness (QED) is 0.257. The van der Waals surface area contributed by atoms with Gasteiger partial charge in [0, 0.05) is 12.1 Å². The maximum absolute atomic E-state index is 11.9. The van der Waals surface area contributed by atoms with E-state index in [1.54, 1.807) is 0 Å². The number of rotatable bonds is 18. The van der Waals surface area contributed by atoms with Gasteiger partial charge in [0.15, 0.2) is 0 Å². The second kappa shape index (κ2) is 17.7. The fourth-order valence-corrected chi connectivity index (χ4v) is 3.57. The summed E-state index contributed by atoms with van der Waals surface area (Å²) in [6, 6.07) is 7.36. The summed E-state index contributed by atoms with van der Waals surface area (Å²) in [5.74, 6) is 0.0893. The Hall–Kier alpha value is -1.35. The lowest BCUT2D eigenvalue weighted by Crippen LogP contribution is -2.10. The number of carbonyl (C=O) groups excluding carboxylic acids is 1. The number of carbonyl (C=O) groups is 1. The van der Waals surface area contributed by atoms with Gasteiger partial charge < -0.3 is 10.4 Å². The monoisotopic (exact) mass is 389 g/mol. The van der Waals surface area contributed by atoms with Gasteiger partial charge in [-0.25, -0.2) is 0 Å². The molecule has 1 rings (SSSR count). The number of anilines is 1. The Labute approximate surface area is 173 Å². The standard InChI is InChI=1S/C25H43NO2/c1-2-3-4-5-6-7-8-9-10-11-12-13-14-15-16-17-25(28)26-24-20-18-23(22-27)19-21-24/h18-21,27H,2-17,22H2,1H3,(H,26,28). The number of benzene rings is 1. The first kappa shape index (κ1) is 24.7. The van der Waals surface area contributed by atoms with Crippen molar-refractivity contribution in [3.05, 3.63) is 29.8 Å². The minimum Gasteiger partial charge on any atom is -0.392 e. The number of aliphatic hydroxyl groups is 1. The molecule has 0 heterocycles. The molecule has 0 fully saturated rings. The number of unbranched alkanes of at least 4 members (excludes halogenated alkanes) is 14. The topological polar surface area (TPSA) is 49.3 Å². The van der Waals surface area contributed by atoms with Gasteiger partial charge in [-0.3, -0.25) is 4.79 Å². The van der Waals surface area contributed by atoms with Crippen LogP contribution >= 0.6 is 0 Å². The van der Waals surface area contributed by atoms with Crippen LogP contribution in [0.25, 0.3) is 0 Å². The molecular formula is C25H43NO2. The van der Waals surface area contributed by atoms with Crippen LogP contribution in [0.4, 0.5) is 5.69 Å². The van der Waals surface area contributed by atoms with E-state index in [1.807, 2.05) is 24.3 Å². The van der Waals surface area contributed by atoms with Crippen LogP contribution in [-0.2, 0) is 11.4 Å². The molecule has 0 bridgehead atoms. The molecule has 28 heavy (non-hydrogen) atoms. The Bertz CT molecular complexity index is 484. The summed E-state index contributed by atoms with van der Waals surface area (Å²) >= 11 is 0. The van der Waals surface area contributed by atoms with Crippen LogP contribution in [0.5, 0.6) is 0 Å². The van der Waals surface area contributed by atoms with E-state index >= 15 is 0 Å². The van der Waals surface area contributed by atoms with Gasteiger partial charge in [0.2, 0.25) is 5.91 Å². The van der Waals surface area contributed by atoms with Crippen LogP contribution in [0.2, 0.25) is 0 Å². The van der Waals surface area contributed by atoms with Crippen molar-refractivity contribution in [3.63, 3.8) is 0 Å². The van der Waals surface area contributed by atoms with Gasteiger partial charge in [0.25, 0.3) is 0 Å². The molecule has 0 atom stereocenters. The Morgan fingerprint density at radius 1 is 0.714 bits per heavy atom. The molecule has 1 aromatic rings. The largest absolute Gasteiger partial charge is 0.392 e. The summed E-state index contributed by atoms with van der Waals surface area (Å²) in [6.07, 6.45) is 20.7. The second-order valence-corrected chi connectivity index (χ2v) is 8.10. The lowest BCUT2D eigenvalue weighted by atomic mass is 10.0. The summed E-state index contributed by atoms with van der Waals surface area (Å²) in [7, 11) is 0. The highest BCUT2D eigenvalue weighted by atomic mass is 16.3. The van der Waals surface area contributed by atoms with E-state index in [0.29, 0.717) is 6.42 Å². The zero-order valence-corrected chi connectivity index (χ0v) is 18.2. The molecule has 2 N–H and O–H groups in total. The molecular weight excluding hydrogens is 346 g/mol. The van der Waals surface area contributed by atoms with Gasteiger partial charge in [0.05, 0.1) is 6.61 Å². The lowest BCUT2D eigenvalue weighted by Gasteiger charge is -2.06. The van der Waals surface area contributed by atoms with Crippen molar-refractivity contribution in [2.45, 2.75) is 116 Å². The van der Waals surface area contributed by atoms with Gasteiger partial charge in [-0.05, 0) is 24.1 Å². The molecule has 0 radical (unpaired) electrons. The predicted octanol–water partition coefficient (Wildman–Crippen LogP) is 7.38. The number of nitrogens with one attached hydrogen (secondary N) is 1. The fraction of sp³-hybridized carbons (Fsp3) is 0.720. The highest BCUT2D eigenvalue weighted by molar-refractivity contribution is 5.90. The van der Waals surface area contributed by atoms with Gasteiger partial charge in [-0.15, -0.1) is 0 Å². The third-order valence-electron chi connectivity index (χ3n) is 5.43. The van der Waals surface area contributed by atoms with Crippen LogP contribution in [0, 0.1) is 0 Å². The fourth-order valence-electron chi connectivity index (χ4n) is 3.57. The number of amides is 1. The lowest BCUT2D eigenvalue weighted by molar-refractivity contribution is -0.116. The predicted molar refractivity (Wildman–Crippen MR) is 121 cm³/mol. The van der Waals surface area contributed by atoms with Gasteiger partial charge >= 0.3 is 0 Å². The van der Waals surface area contributed by atoms with E-state index in [-0.39, 0.29) is 12.5 Å². The molecule has 3 heteroatoms. The molecule has 1 aromatic carbocycles. The van der Waals surface area contributed by atoms with E-state index in [2.05, 4.69) is 12.2 Å². The van der Waals surface area contributed by atoms with E-state index in [4.69, 9.17) is 5.11 Å². The summed E-state index contributed by atoms with van der Waals surface area (Å²) < 4.78 is 0. The third-order valence-corrected chi connectivity index (χ3v) is 5.43. The van der Waals surface area contributed by atoms with E-state index in [1.165, 1.54) is 83.5 Å². The van der Waals surface area contributed by atoms with Crippen LogP contribution in [0.3, 0.4) is 0 Å². The maximum atomic E-state index is 11.9. The average molecular weight is 390 g/mol. The van der Waals surface area contributed by atoms with Crippen LogP contribution in [-0.4, -0.2) is 11.0 Å². The van der Waals surface area contributed by atoms with Gasteiger partial charge in [-0.1, -0.05) is 109 Å². The van der Waals surface area contributed by atoms with Crippen molar-refractivity contribution in [1.82, 2.24) is 0 Å². The van der Waals surface area contributed by atoms with Crippen molar-refractivity contribution < 1.29 is 9.90 Å². The number of aliphatic hydroxyl groups excluding tert-OH is 1. The molecule has 0 saturated heterocycles. The first-order valence-electron chi connectivity index (χ1n) is 11.8. The third kappa shape index (κ3) is 13.8. The maximum Gasteiger partial charge on any atom is 0.224 e. The Morgan fingerprint density at radius 3 is 1.57 bits per heavy atom. The SMILES string of the molecule is CCCCCCCCCCCCCCCCCC(=O)Nc1ccc(CO)cc1. The molecule has 160 valence electrons. The first-order valence-corrected chi connectivity index (χ1v) is 11.8. The highest BCUT2D eigenvalue weighted by Gasteiger charge is 2.02. The number of hydrogen-bond donors (Lipinski definition) is 2. The Balaban J connectivity index is 1.84. The Kier molecular flexibility index (Phi) is 15.6. The summed E-state index contributed by atoms with van der Waals surface area (Å²) in [6.45, 7) is 2.31. The van der Waals surface area contributed by atoms with Crippen LogP contribution in [0.1, 0.15) is 115 Å². The Morgan fingerprint density at radius 2 is 1.14 bits per heavy atom. The molecule has 3 nitrogen and oxygen atoms in total. The molecule has 1 amide bonds. The van der Waals surface area contributed by atoms with Gasteiger partial charge in [0.1, 0.15) is 0 Å². The zero-order valence-electron chi connectivity index (χ0n) is 18.2. The molecule has 0 aliphatic heterocycles. The van der Waals surface area contributed by atoms with Crippen LogP contribution in [0.15, 0.2) is 24.3 Å². The molecule has 0 aliphatic carbocycles. The summed E-state index contributed by atoms with van der Waals surface area (Å²) in [5, 5.41) is 11.9. The molecule has 0 aromatic heterocycles. The van der Waals surface area contributed by atoms with Crippen LogP contribution < -0.4 is 5.32 Å². The number of hydrogen-bond acceptors (Lipinski definition) is 2. The van der Waals surface area contributed by atoms with Gasteiger partial charge in [-0.2, -0.15) is 0 Å². The minimum absolute atomic E-state index is 0.0351. The van der Waals surface area contributed by atoms with Crippen molar-refractivity contribution in [1.29, 1.82) is 0 Å².